The first-order valence-corrected chi connectivity index (χ1v) is 9.81. The van der Waals surface area contributed by atoms with Crippen LogP contribution in [-0.2, 0) is 14.3 Å². The molecule has 0 aromatic heterocycles. The van der Waals surface area contributed by atoms with Gasteiger partial charge in [-0.2, -0.15) is 0 Å². The molecule has 0 saturated carbocycles. The molecule has 0 unspecified atom stereocenters. The van der Waals surface area contributed by atoms with E-state index in [1.54, 1.807) is 6.08 Å². The summed E-state index contributed by atoms with van der Waals surface area (Å²) in [5.41, 5.74) is 0.867. The lowest BCUT2D eigenvalue weighted by Crippen LogP contribution is -2.30. The number of ether oxygens (including phenoxy) is 2. The first kappa shape index (κ1) is 20.5. The molecular formula is C19H23NO4S2. The molecule has 1 aliphatic rings. The molecule has 1 aromatic carbocycles. The standard InChI is InChI=1S/C19H23NO4S2/c1-4-10-23-17(21)8-9-20-18(22)16(26-19(20)25)12-14-6-5-7-15(11-14)24-13(2)3/h5-7,11-13H,4,8-10H2,1-3H3/b16-12+. The second kappa shape index (κ2) is 9.73. The molecule has 2 rings (SSSR count). The minimum atomic E-state index is -0.316. The average molecular weight is 394 g/mol. The first-order chi connectivity index (χ1) is 12.4. The van der Waals surface area contributed by atoms with Crippen molar-refractivity contribution in [2.24, 2.45) is 0 Å². The van der Waals surface area contributed by atoms with E-state index in [0.717, 1.165) is 17.7 Å². The van der Waals surface area contributed by atoms with Crippen LogP contribution in [0.15, 0.2) is 29.2 Å². The van der Waals surface area contributed by atoms with Crippen molar-refractivity contribution < 1.29 is 19.1 Å². The zero-order valence-corrected chi connectivity index (χ0v) is 16.8. The number of thiocarbonyl (C=S) groups is 1. The molecular weight excluding hydrogens is 370 g/mol. The largest absolute Gasteiger partial charge is 0.491 e. The second-order valence-corrected chi connectivity index (χ2v) is 7.72. The molecule has 0 aliphatic carbocycles. The third-order valence-electron chi connectivity index (χ3n) is 3.41. The number of thioether (sulfide) groups is 1. The molecule has 1 aromatic rings. The second-order valence-electron chi connectivity index (χ2n) is 6.04. The highest BCUT2D eigenvalue weighted by molar-refractivity contribution is 8.26. The van der Waals surface area contributed by atoms with E-state index in [1.807, 2.05) is 45.0 Å². The Morgan fingerprint density at radius 1 is 1.38 bits per heavy atom. The summed E-state index contributed by atoms with van der Waals surface area (Å²) in [6.45, 7) is 6.49. The van der Waals surface area contributed by atoms with Crippen LogP contribution in [-0.4, -0.2) is 40.4 Å². The van der Waals surface area contributed by atoms with Gasteiger partial charge in [-0.3, -0.25) is 14.5 Å². The van der Waals surface area contributed by atoms with Crippen LogP contribution in [0.5, 0.6) is 5.75 Å². The van der Waals surface area contributed by atoms with Crippen molar-refractivity contribution in [3.05, 3.63) is 34.7 Å². The van der Waals surface area contributed by atoms with Crippen molar-refractivity contribution in [2.75, 3.05) is 13.2 Å². The molecule has 0 radical (unpaired) electrons. The minimum absolute atomic E-state index is 0.0796. The molecule has 5 nitrogen and oxygen atoms in total. The van der Waals surface area contributed by atoms with Gasteiger partial charge in [0.2, 0.25) is 0 Å². The Labute approximate surface area is 163 Å². The lowest BCUT2D eigenvalue weighted by molar-refractivity contribution is -0.143. The minimum Gasteiger partial charge on any atom is -0.491 e. The molecule has 7 heteroatoms. The average Bonchev–Trinajstić information content (AvgIpc) is 2.84. The number of benzene rings is 1. The number of carbonyl (C=O) groups is 2. The third kappa shape index (κ3) is 5.85. The maximum absolute atomic E-state index is 12.6. The summed E-state index contributed by atoms with van der Waals surface area (Å²) in [7, 11) is 0. The lowest BCUT2D eigenvalue weighted by atomic mass is 10.2. The van der Waals surface area contributed by atoms with Crippen molar-refractivity contribution in [1.29, 1.82) is 0 Å². The molecule has 0 atom stereocenters. The van der Waals surface area contributed by atoms with Gasteiger partial charge >= 0.3 is 5.97 Å². The van der Waals surface area contributed by atoms with Crippen LogP contribution < -0.4 is 4.74 Å². The number of hydrogen-bond donors (Lipinski definition) is 0. The SMILES string of the molecule is CCCOC(=O)CCN1C(=O)/C(=C\c2cccc(OC(C)C)c2)SC1=S. The van der Waals surface area contributed by atoms with E-state index in [1.165, 1.54) is 16.7 Å². The quantitative estimate of drug-likeness (QED) is 0.378. The Bertz CT molecular complexity index is 715. The summed E-state index contributed by atoms with van der Waals surface area (Å²) in [6.07, 6.45) is 2.78. The number of rotatable bonds is 8. The fraction of sp³-hybridized carbons (Fsp3) is 0.421. The molecule has 0 N–H and O–H groups in total. The van der Waals surface area contributed by atoms with Gasteiger partial charge in [-0.1, -0.05) is 43.0 Å². The van der Waals surface area contributed by atoms with Crippen molar-refractivity contribution in [1.82, 2.24) is 4.90 Å². The van der Waals surface area contributed by atoms with Gasteiger partial charge < -0.3 is 9.47 Å². The fourth-order valence-corrected chi connectivity index (χ4v) is 3.59. The van der Waals surface area contributed by atoms with Crippen LogP contribution >= 0.6 is 24.0 Å². The Kier molecular flexibility index (Phi) is 7.66. The smallest absolute Gasteiger partial charge is 0.307 e. The summed E-state index contributed by atoms with van der Waals surface area (Å²) < 4.78 is 11.2. The number of nitrogens with zero attached hydrogens (tertiary/aromatic N) is 1. The van der Waals surface area contributed by atoms with Crippen LogP contribution in [0.3, 0.4) is 0 Å². The van der Waals surface area contributed by atoms with Gasteiger partial charge in [-0.15, -0.1) is 0 Å². The predicted octanol–water partition coefficient (Wildman–Crippen LogP) is 4.02. The van der Waals surface area contributed by atoms with Gasteiger partial charge in [0, 0.05) is 6.54 Å². The van der Waals surface area contributed by atoms with Crippen LogP contribution in [0.2, 0.25) is 0 Å². The molecule has 1 heterocycles. The predicted molar refractivity (Wildman–Crippen MR) is 108 cm³/mol. The Hall–Kier alpha value is -1.86. The van der Waals surface area contributed by atoms with E-state index in [-0.39, 0.29) is 30.9 Å². The summed E-state index contributed by atoms with van der Waals surface area (Å²) in [5, 5.41) is 0. The van der Waals surface area contributed by atoms with Crippen molar-refractivity contribution in [3.63, 3.8) is 0 Å². The molecule has 0 spiro atoms. The first-order valence-electron chi connectivity index (χ1n) is 8.58. The number of carbonyl (C=O) groups excluding carboxylic acids is 2. The Morgan fingerprint density at radius 2 is 2.15 bits per heavy atom. The summed E-state index contributed by atoms with van der Waals surface area (Å²) in [4.78, 5) is 26.2. The summed E-state index contributed by atoms with van der Waals surface area (Å²) in [5.74, 6) is 0.254. The molecule has 1 aliphatic heterocycles. The molecule has 26 heavy (non-hydrogen) atoms. The van der Waals surface area contributed by atoms with Gasteiger partial charge in [0.1, 0.15) is 10.1 Å². The summed E-state index contributed by atoms with van der Waals surface area (Å²) in [6, 6.07) is 7.55. The van der Waals surface area contributed by atoms with E-state index in [4.69, 9.17) is 21.7 Å². The topological polar surface area (TPSA) is 55.8 Å². The van der Waals surface area contributed by atoms with Gasteiger partial charge in [-0.25, -0.2) is 0 Å². The van der Waals surface area contributed by atoms with Crippen LogP contribution in [0.1, 0.15) is 39.2 Å². The van der Waals surface area contributed by atoms with Crippen LogP contribution in [0, 0.1) is 0 Å². The Balaban J connectivity index is 2.03. The number of esters is 1. The zero-order valence-electron chi connectivity index (χ0n) is 15.2. The molecule has 140 valence electrons. The number of hydrogen-bond acceptors (Lipinski definition) is 6. The lowest BCUT2D eigenvalue weighted by Gasteiger charge is -2.13. The van der Waals surface area contributed by atoms with Crippen molar-refractivity contribution in [2.45, 2.75) is 39.7 Å². The number of amides is 1. The van der Waals surface area contributed by atoms with E-state index >= 15 is 0 Å². The maximum Gasteiger partial charge on any atom is 0.307 e. The van der Waals surface area contributed by atoms with E-state index in [9.17, 15) is 9.59 Å². The molecule has 1 saturated heterocycles. The highest BCUT2D eigenvalue weighted by Crippen LogP contribution is 2.33. The monoisotopic (exact) mass is 393 g/mol. The fourth-order valence-electron chi connectivity index (χ4n) is 2.29. The van der Waals surface area contributed by atoms with Gasteiger partial charge in [0.25, 0.3) is 5.91 Å². The molecule has 1 amide bonds. The van der Waals surface area contributed by atoms with Crippen LogP contribution in [0.4, 0.5) is 0 Å². The van der Waals surface area contributed by atoms with Gasteiger partial charge in [0.15, 0.2) is 0 Å². The third-order valence-corrected chi connectivity index (χ3v) is 4.79. The summed E-state index contributed by atoms with van der Waals surface area (Å²) >= 11 is 6.53. The zero-order chi connectivity index (χ0) is 19.1. The van der Waals surface area contributed by atoms with Crippen LogP contribution in [0.25, 0.3) is 6.08 Å². The van der Waals surface area contributed by atoms with E-state index in [2.05, 4.69) is 0 Å². The van der Waals surface area contributed by atoms with Crippen molar-refractivity contribution in [3.8, 4) is 5.75 Å². The highest BCUT2D eigenvalue weighted by Gasteiger charge is 2.32. The normalized spacial score (nSPS) is 15.8. The maximum atomic E-state index is 12.6. The molecule has 1 fully saturated rings. The van der Waals surface area contributed by atoms with Gasteiger partial charge in [0.05, 0.1) is 24.0 Å². The van der Waals surface area contributed by atoms with E-state index in [0.29, 0.717) is 15.8 Å². The Morgan fingerprint density at radius 3 is 2.85 bits per heavy atom. The van der Waals surface area contributed by atoms with E-state index < -0.39 is 0 Å². The van der Waals surface area contributed by atoms with Gasteiger partial charge in [-0.05, 0) is 44.0 Å². The van der Waals surface area contributed by atoms with Crippen molar-refractivity contribution >= 4 is 46.3 Å². The highest BCUT2D eigenvalue weighted by atomic mass is 32.2. The molecule has 0 bridgehead atoms.